The lowest BCUT2D eigenvalue weighted by Gasteiger charge is -2.39. The summed E-state index contributed by atoms with van der Waals surface area (Å²) in [4.78, 5) is 45.0. The van der Waals surface area contributed by atoms with Crippen molar-refractivity contribution in [2.75, 3.05) is 0 Å². The highest BCUT2D eigenvalue weighted by atomic mass is 16.7. The molecule has 2 rings (SSSR count). The van der Waals surface area contributed by atoms with Crippen LogP contribution in [0.3, 0.4) is 0 Å². The largest absolute Gasteiger partial charge is 0.481 e. The topological polar surface area (TPSA) is 146 Å². The van der Waals surface area contributed by atoms with Crippen molar-refractivity contribution in [2.24, 2.45) is 0 Å². The highest BCUT2D eigenvalue weighted by Gasteiger charge is 2.42. The number of aromatic carboxylic acids is 1. The minimum absolute atomic E-state index is 0.0288. The maximum Gasteiger partial charge on any atom is 0.339 e. The van der Waals surface area contributed by atoms with E-state index in [9.17, 15) is 24.3 Å². The van der Waals surface area contributed by atoms with Crippen LogP contribution in [-0.4, -0.2) is 58.7 Å². The average molecular weight is 497 g/mol. The van der Waals surface area contributed by atoms with Crippen molar-refractivity contribution < 1.29 is 48.3 Å². The van der Waals surface area contributed by atoms with Crippen LogP contribution in [0.2, 0.25) is 0 Å². The van der Waals surface area contributed by atoms with E-state index in [1.165, 1.54) is 12.1 Å². The van der Waals surface area contributed by atoms with Crippen molar-refractivity contribution in [3.63, 3.8) is 0 Å². The maximum absolute atomic E-state index is 12.1. The molecule has 35 heavy (non-hydrogen) atoms. The van der Waals surface area contributed by atoms with Gasteiger partial charge in [0.15, 0.2) is 6.10 Å². The number of aliphatic carboxylic acids is 1. The van der Waals surface area contributed by atoms with Crippen molar-refractivity contribution >= 4 is 23.9 Å². The fraction of sp³-hybridized carbons (Fsp3) is 0.600. The molecule has 0 radical (unpaired) electrons. The van der Waals surface area contributed by atoms with Gasteiger partial charge in [0, 0.05) is 25.7 Å². The predicted molar refractivity (Wildman–Crippen MR) is 125 cm³/mol. The third kappa shape index (κ3) is 10.8. The highest BCUT2D eigenvalue weighted by Crippen LogP contribution is 2.29. The lowest BCUT2D eigenvalue weighted by Crippen LogP contribution is -2.51. The molecule has 0 amide bonds. The van der Waals surface area contributed by atoms with Crippen molar-refractivity contribution in [1.29, 1.82) is 0 Å². The van der Waals surface area contributed by atoms with Gasteiger partial charge in [-0.1, -0.05) is 32.9 Å². The zero-order chi connectivity index (χ0) is 26.4. The van der Waals surface area contributed by atoms with Crippen LogP contribution in [0.5, 0.6) is 5.75 Å². The molecule has 10 nitrogen and oxygen atoms in total. The molecule has 2 N–H and O–H groups in total. The molecule has 0 aliphatic carbocycles. The minimum Gasteiger partial charge on any atom is -0.481 e. The van der Waals surface area contributed by atoms with Crippen LogP contribution in [0.15, 0.2) is 24.3 Å². The summed E-state index contributed by atoms with van der Waals surface area (Å²) in [5, 5.41) is 17.3. The van der Waals surface area contributed by atoms with Gasteiger partial charge in [-0.2, -0.15) is 0 Å². The maximum atomic E-state index is 12.1. The molecule has 1 aromatic carbocycles. The summed E-state index contributed by atoms with van der Waals surface area (Å²) in [6.07, 6.45) is 0.0426. The summed E-state index contributed by atoms with van der Waals surface area (Å²) >= 11 is 0. The molecular formula is C25H36O10. The lowest BCUT2D eigenvalue weighted by atomic mass is 10.0. The van der Waals surface area contributed by atoms with E-state index in [1.54, 1.807) is 19.1 Å². The van der Waals surface area contributed by atoms with Crippen LogP contribution in [-0.2, 0) is 28.6 Å². The number of carbonyl (C=O) groups is 4. The Bertz CT molecular complexity index is 837. The quantitative estimate of drug-likeness (QED) is 0.427. The second-order valence-corrected chi connectivity index (χ2v) is 8.06. The first-order valence-corrected chi connectivity index (χ1v) is 11.9. The van der Waals surface area contributed by atoms with Gasteiger partial charge in [0.25, 0.3) is 0 Å². The van der Waals surface area contributed by atoms with Gasteiger partial charge in [-0.3, -0.25) is 14.4 Å². The third-order valence-corrected chi connectivity index (χ3v) is 4.94. The molecular weight excluding hydrogens is 460 g/mol. The number of carboxylic acid groups (broad SMARTS) is 2. The molecule has 0 saturated carbocycles. The standard InChI is InChI=1S/C21H28O8.C4H8O2/c1-4-8-18(22)27-16-12-17(28-19(23)9-5-2)21(26-13(16)3)29-15-11-7-6-10-14(15)20(24)25;1-2-3-4(5)6/h6-7,10-11,13,16-17,21H,4-5,8-9,12H2,1-3H3,(H,24,25);2-3H2,1H3,(H,5,6)/t13-,16?,17+,21?;/m0./s1. The Kier molecular flexibility index (Phi) is 13.4. The van der Waals surface area contributed by atoms with E-state index in [1.807, 2.05) is 20.8 Å². The Hall–Kier alpha value is -3.14. The van der Waals surface area contributed by atoms with Gasteiger partial charge in [0.1, 0.15) is 17.4 Å². The molecule has 1 aliphatic heterocycles. The Morgan fingerprint density at radius 3 is 1.91 bits per heavy atom. The molecule has 1 fully saturated rings. The molecule has 0 spiro atoms. The van der Waals surface area contributed by atoms with Crippen LogP contribution >= 0.6 is 0 Å². The van der Waals surface area contributed by atoms with Gasteiger partial charge < -0.3 is 29.2 Å². The lowest BCUT2D eigenvalue weighted by molar-refractivity contribution is -0.243. The first-order chi connectivity index (χ1) is 16.6. The SMILES string of the molecule is CCCC(=O)O.CCCC(=O)OC1C[C@@H](OC(=O)CCC)C(Oc2ccccc2C(=O)O)O[C@H]1C. The summed E-state index contributed by atoms with van der Waals surface area (Å²) < 4.78 is 22.6. The van der Waals surface area contributed by atoms with E-state index in [0.717, 1.165) is 6.42 Å². The smallest absolute Gasteiger partial charge is 0.339 e. The Labute approximate surface area is 205 Å². The van der Waals surface area contributed by atoms with Crippen LogP contribution in [0, 0.1) is 0 Å². The summed E-state index contributed by atoms with van der Waals surface area (Å²) in [6, 6.07) is 6.15. The molecule has 1 heterocycles. The second-order valence-electron chi connectivity index (χ2n) is 8.06. The van der Waals surface area contributed by atoms with E-state index in [4.69, 9.17) is 24.1 Å². The molecule has 1 saturated heterocycles. The number of ether oxygens (including phenoxy) is 4. The molecule has 1 aromatic rings. The van der Waals surface area contributed by atoms with Crippen molar-refractivity contribution in [1.82, 2.24) is 0 Å². The summed E-state index contributed by atoms with van der Waals surface area (Å²) in [5.74, 6) is -2.51. The van der Waals surface area contributed by atoms with E-state index < -0.39 is 42.5 Å². The third-order valence-electron chi connectivity index (χ3n) is 4.94. The highest BCUT2D eigenvalue weighted by molar-refractivity contribution is 5.90. The average Bonchev–Trinajstić information content (AvgIpc) is 2.77. The van der Waals surface area contributed by atoms with E-state index >= 15 is 0 Å². The fourth-order valence-corrected chi connectivity index (χ4v) is 3.22. The molecule has 10 heteroatoms. The minimum atomic E-state index is -1.14. The zero-order valence-electron chi connectivity index (χ0n) is 20.7. The first-order valence-electron chi connectivity index (χ1n) is 11.9. The number of carbonyl (C=O) groups excluding carboxylic acids is 2. The Balaban J connectivity index is 0.000000905. The monoisotopic (exact) mass is 496 g/mol. The van der Waals surface area contributed by atoms with Crippen LogP contribution in [0.4, 0.5) is 0 Å². The molecule has 4 atom stereocenters. The normalized spacial score (nSPS) is 21.1. The fourth-order valence-electron chi connectivity index (χ4n) is 3.22. The van der Waals surface area contributed by atoms with Gasteiger partial charge in [0.2, 0.25) is 6.29 Å². The van der Waals surface area contributed by atoms with E-state index in [2.05, 4.69) is 0 Å². The number of hydrogen-bond acceptors (Lipinski definition) is 8. The predicted octanol–water partition coefficient (Wildman–Crippen LogP) is 4.19. The summed E-state index contributed by atoms with van der Waals surface area (Å²) in [7, 11) is 0. The number of para-hydroxylation sites is 1. The molecule has 0 aromatic heterocycles. The Morgan fingerprint density at radius 2 is 1.43 bits per heavy atom. The van der Waals surface area contributed by atoms with Gasteiger partial charge in [-0.05, 0) is 38.3 Å². The number of carboxylic acids is 2. The summed E-state index contributed by atoms with van der Waals surface area (Å²) in [6.45, 7) is 7.30. The van der Waals surface area contributed by atoms with E-state index in [-0.39, 0.29) is 36.5 Å². The Morgan fingerprint density at radius 1 is 0.886 bits per heavy atom. The number of hydrogen-bond donors (Lipinski definition) is 2. The van der Waals surface area contributed by atoms with Crippen molar-refractivity contribution in [3.8, 4) is 5.75 Å². The number of benzene rings is 1. The number of rotatable bonds is 11. The van der Waals surface area contributed by atoms with Gasteiger partial charge in [0.05, 0.1) is 6.10 Å². The number of esters is 2. The first kappa shape index (κ1) is 29.9. The second kappa shape index (κ2) is 15.7. The zero-order valence-corrected chi connectivity index (χ0v) is 20.7. The van der Waals surface area contributed by atoms with Crippen LogP contribution < -0.4 is 4.74 Å². The van der Waals surface area contributed by atoms with Crippen molar-refractivity contribution in [2.45, 2.75) is 97.2 Å². The van der Waals surface area contributed by atoms with Gasteiger partial charge >= 0.3 is 23.9 Å². The molecule has 196 valence electrons. The molecule has 2 unspecified atom stereocenters. The van der Waals surface area contributed by atoms with Crippen molar-refractivity contribution in [3.05, 3.63) is 29.8 Å². The molecule has 0 bridgehead atoms. The molecule has 1 aliphatic rings. The summed E-state index contributed by atoms with van der Waals surface area (Å²) in [5.41, 5.74) is -0.0288. The van der Waals surface area contributed by atoms with Gasteiger partial charge in [-0.15, -0.1) is 0 Å². The van der Waals surface area contributed by atoms with Crippen LogP contribution in [0.25, 0.3) is 0 Å². The van der Waals surface area contributed by atoms with Crippen LogP contribution in [0.1, 0.15) is 83.0 Å². The van der Waals surface area contributed by atoms with E-state index in [0.29, 0.717) is 19.3 Å². The van der Waals surface area contributed by atoms with Gasteiger partial charge in [-0.25, -0.2) is 4.79 Å².